The molecule has 0 amide bonds. The zero-order chi connectivity index (χ0) is 13.1. The monoisotopic (exact) mass is 283 g/mol. The Labute approximate surface area is 107 Å². The predicted octanol–water partition coefficient (Wildman–Crippen LogP) is 3.05. The lowest BCUT2D eigenvalue weighted by Crippen LogP contribution is -2.16. The van der Waals surface area contributed by atoms with Crippen molar-refractivity contribution in [1.29, 1.82) is 0 Å². The molecular formula is C10H9ClF3NOS. The van der Waals surface area contributed by atoms with Gasteiger partial charge in [0.05, 0.1) is 6.61 Å². The average Bonchev–Trinajstić information content (AvgIpc) is 2.18. The summed E-state index contributed by atoms with van der Waals surface area (Å²) in [5.41, 5.74) is 6.40. The molecule has 0 aliphatic heterocycles. The van der Waals surface area contributed by atoms with E-state index in [2.05, 4.69) is 4.74 Å². The number of benzene rings is 1. The molecule has 0 heterocycles. The molecule has 2 nitrogen and oxygen atoms in total. The number of thiocarbonyl (C=S) groups is 1. The van der Waals surface area contributed by atoms with E-state index in [0.717, 1.165) is 0 Å². The number of hydrogen-bond donors (Lipinski definition) is 1. The van der Waals surface area contributed by atoms with Gasteiger partial charge in [-0.1, -0.05) is 36.0 Å². The van der Waals surface area contributed by atoms with E-state index in [4.69, 9.17) is 29.6 Å². The highest BCUT2D eigenvalue weighted by molar-refractivity contribution is 7.80. The van der Waals surface area contributed by atoms with Gasteiger partial charge in [0.15, 0.2) is 0 Å². The van der Waals surface area contributed by atoms with Gasteiger partial charge in [-0.15, -0.1) is 0 Å². The minimum absolute atomic E-state index is 0.176. The lowest BCUT2D eigenvalue weighted by molar-refractivity contribution is -0.176. The molecule has 1 rings (SSSR count). The second kappa shape index (κ2) is 5.66. The number of halogens is 4. The summed E-state index contributed by atoms with van der Waals surface area (Å²) in [6.45, 7) is -1.52. The first-order valence-electron chi connectivity index (χ1n) is 4.52. The summed E-state index contributed by atoms with van der Waals surface area (Å²) in [7, 11) is 0. The largest absolute Gasteiger partial charge is 0.411 e. The van der Waals surface area contributed by atoms with Gasteiger partial charge in [0, 0.05) is 10.6 Å². The fourth-order valence-electron chi connectivity index (χ4n) is 1.09. The first-order valence-corrected chi connectivity index (χ1v) is 5.31. The van der Waals surface area contributed by atoms with Crippen LogP contribution < -0.4 is 5.73 Å². The Morgan fingerprint density at radius 3 is 2.53 bits per heavy atom. The minimum Gasteiger partial charge on any atom is -0.389 e. The summed E-state index contributed by atoms with van der Waals surface area (Å²) in [5, 5.41) is 0.275. The molecule has 0 spiro atoms. The Morgan fingerprint density at radius 1 is 1.41 bits per heavy atom. The molecule has 7 heteroatoms. The fraction of sp³-hybridized carbons (Fsp3) is 0.300. The van der Waals surface area contributed by atoms with Crippen LogP contribution in [0, 0.1) is 0 Å². The maximum atomic E-state index is 11.8. The van der Waals surface area contributed by atoms with Gasteiger partial charge < -0.3 is 10.5 Å². The highest BCUT2D eigenvalue weighted by Gasteiger charge is 2.27. The van der Waals surface area contributed by atoms with Crippen LogP contribution in [0.15, 0.2) is 18.2 Å². The quantitative estimate of drug-likeness (QED) is 0.863. The van der Waals surface area contributed by atoms with Gasteiger partial charge in [0.1, 0.15) is 11.6 Å². The van der Waals surface area contributed by atoms with Gasteiger partial charge >= 0.3 is 6.18 Å². The molecule has 94 valence electrons. The molecular weight excluding hydrogens is 275 g/mol. The third-order valence-electron chi connectivity index (χ3n) is 1.86. The molecule has 0 fully saturated rings. The molecule has 1 aromatic carbocycles. The van der Waals surface area contributed by atoms with Crippen molar-refractivity contribution in [3.8, 4) is 0 Å². The van der Waals surface area contributed by atoms with Gasteiger partial charge in [-0.3, -0.25) is 0 Å². The molecule has 0 aliphatic carbocycles. The van der Waals surface area contributed by atoms with Gasteiger partial charge in [0.25, 0.3) is 0 Å². The Bertz CT molecular complexity index is 423. The van der Waals surface area contributed by atoms with E-state index in [1.807, 2.05) is 0 Å². The van der Waals surface area contributed by atoms with Crippen molar-refractivity contribution in [1.82, 2.24) is 0 Å². The summed E-state index contributed by atoms with van der Waals surface area (Å²) in [6, 6.07) is 4.61. The lowest BCUT2D eigenvalue weighted by atomic mass is 10.1. The normalized spacial score (nSPS) is 11.5. The van der Waals surface area contributed by atoms with Crippen LogP contribution in [0.25, 0.3) is 0 Å². The summed E-state index contributed by atoms with van der Waals surface area (Å²) < 4.78 is 40.0. The van der Waals surface area contributed by atoms with Crippen LogP contribution in [-0.4, -0.2) is 17.8 Å². The van der Waals surface area contributed by atoms with Crippen LogP contribution in [-0.2, 0) is 11.3 Å². The Balaban J connectivity index is 2.64. The molecule has 0 aromatic heterocycles. The van der Waals surface area contributed by atoms with E-state index in [0.29, 0.717) is 11.1 Å². The van der Waals surface area contributed by atoms with Crippen LogP contribution in [0.2, 0.25) is 5.02 Å². The third kappa shape index (κ3) is 4.89. The van der Waals surface area contributed by atoms with Gasteiger partial charge in [-0.25, -0.2) is 0 Å². The number of rotatable bonds is 4. The maximum absolute atomic E-state index is 11.8. The van der Waals surface area contributed by atoms with Gasteiger partial charge in [0.2, 0.25) is 0 Å². The number of ether oxygens (including phenoxy) is 1. The van der Waals surface area contributed by atoms with Crippen molar-refractivity contribution in [3.63, 3.8) is 0 Å². The Morgan fingerprint density at radius 2 is 2.06 bits per heavy atom. The highest BCUT2D eigenvalue weighted by Crippen LogP contribution is 2.21. The SMILES string of the molecule is NC(=S)c1ccc(COCC(F)(F)F)c(Cl)c1. The lowest BCUT2D eigenvalue weighted by Gasteiger charge is -2.09. The molecule has 0 atom stereocenters. The molecule has 0 saturated heterocycles. The first kappa shape index (κ1) is 14.2. The summed E-state index contributed by atoms with van der Waals surface area (Å²) >= 11 is 10.6. The highest BCUT2D eigenvalue weighted by atomic mass is 35.5. The van der Waals surface area contributed by atoms with Gasteiger partial charge in [-0.2, -0.15) is 13.2 Å². The van der Waals surface area contributed by atoms with Crippen molar-refractivity contribution in [2.75, 3.05) is 6.61 Å². The first-order chi connectivity index (χ1) is 7.79. The Hall–Kier alpha value is -0.850. The second-order valence-corrected chi connectivity index (χ2v) is 4.13. The maximum Gasteiger partial charge on any atom is 0.411 e. The zero-order valence-corrected chi connectivity index (χ0v) is 10.1. The van der Waals surface area contributed by atoms with Crippen molar-refractivity contribution in [2.45, 2.75) is 12.8 Å². The summed E-state index contributed by atoms with van der Waals surface area (Å²) in [4.78, 5) is 0.176. The van der Waals surface area contributed by atoms with E-state index in [1.54, 1.807) is 6.07 Å². The standard InChI is InChI=1S/C10H9ClF3NOS/c11-8-3-6(9(15)17)1-2-7(8)4-16-5-10(12,13)14/h1-3H,4-5H2,(H2,15,17). The van der Waals surface area contributed by atoms with Crippen molar-refractivity contribution in [2.24, 2.45) is 5.73 Å². The van der Waals surface area contributed by atoms with Crippen LogP contribution in [0.3, 0.4) is 0 Å². The Kier molecular flexibility index (Phi) is 4.73. The average molecular weight is 284 g/mol. The predicted molar refractivity (Wildman–Crippen MR) is 63.1 cm³/mol. The van der Waals surface area contributed by atoms with Crippen molar-refractivity contribution >= 4 is 28.8 Å². The van der Waals surface area contributed by atoms with E-state index < -0.39 is 12.8 Å². The van der Waals surface area contributed by atoms with E-state index in [-0.39, 0.29) is 16.6 Å². The van der Waals surface area contributed by atoms with Crippen molar-refractivity contribution in [3.05, 3.63) is 34.3 Å². The third-order valence-corrected chi connectivity index (χ3v) is 2.45. The zero-order valence-electron chi connectivity index (χ0n) is 8.55. The second-order valence-electron chi connectivity index (χ2n) is 3.28. The van der Waals surface area contributed by atoms with Crippen molar-refractivity contribution < 1.29 is 17.9 Å². The molecule has 2 N–H and O–H groups in total. The van der Waals surface area contributed by atoms with E-state index in [9.17, 15) is 13.2 Å². The molecule has 0 radical (unpaired) electrons. The van der Waals surface area contributed by atoms with Crippen LogP contribution in [0.5, 0.6) is 0 Å². The number of hydrogen-bond acceptors (Lipinski definition) is 2. The van der Waals surface area contributed by atoms with E-state index in [1.165, 1.54) is 12.1 Å². The topological polar surface area (TPSA) is 35.2 Å². The van der Waals surface area contributed by atoms with Crippen LogP contribution in [0.1, 0.15) is 11.1 Å². The molecule has 17 heavy (non-hydrogen) atoms. The van der Waals surface area contributed by atoms with Gasteiger partial charge in [-0.05, 0) is 11.6 Å². The number of nitrogens with two attached hydrogens (primary N) is 1. The van der Waals surface area contributed by atoms with Crippen LogP contribution >= 0.6 is 23.8 Å². The summed E-state index contributed by atoms with van der Waals surface area (Å²) in [6.07, 6.45) is -4.34. The minimum atomic E-state index is -4.34. The summed E-state index contributed by atoms with van der Waals surface area (Å²) in [5.74, 6) is 0. The smallest absolute Gasteiger partial charge is 0.389 e. The molecule has 0 saturated carbocycles. The number of alkyl halides is 3. The molecule has 0 unspecified atom stereocenters. The molecule has 0 bridgehead atoms. The fourth-order valence-corrected chi connectivity index (χ4v) is 1.46. The van der Waals surface area contributed by atoms with Crippen LogP contribution in [0.4, 0.5) is 13.2 Å². The molecule has 0 aliphatic rings. The molecule has 1 aromatic rings. The van der Waals surface area contributed by atoms with E-state index >= 15 is 0 Å².